The number of nitrogens with zero attached hydrogens (tertiary/aromatic N) is 1. The first-order valence-corrected chi connectivity index (χ1v) is 9.19. The molecule has 1 atom stereocenters. The maximum Gasteiger partial charge on any atom is 0.295 e. The maximum atomic E-state index is 14.6. The summed E-state index contributed by atoms with van der Waals surface area (Å²) in [5, 5.41) is 11.1. The first kappa shape index (κ1) is 20.4. The molecule has 0 spiro atoms. The Morgan fingerprint density at radius 2 is 1.86 bits per heavy atom. The molecule has 0 bridgehead atoms. The molecule has 1 heterocycles. The summed E-state index contributed by atoms with van der Waals surface area (Å²) in [6, 6.07) is 9.59. The third-order valence-corrected chi connectivity index (χ3v) is 4.87. The minimum atomic E-state index is -1.04. The topological polar surface area (TPSA) is 76.1 Å². The number of methoxy groups -OCH3 is 2. The number of benzene rings is 2. The van der Waals surface area contributed by atoms with Gasteiger partial charge in [0, 0.05) is 12.1 Å². The highest BCUT2D eigenvalue weighted by molar-refractivity contribution is 6.46. The number of ketones is 1. The Morgan fingerprint density at radius 1 is 1.14 bits per heavy atom. The molecule has 1 aliphatic heterocycles. The van der Waals surface area contributed by atoms with Crippen LogP contribution in [0.25, 0.3) is 5.76 Å². The van der Waals surface area contributed by atoms with Crippen LogP contribution in [-0.2, 0) is 9.59 Å². The van der Waals surface area contributed by atoms with Gasteiger partial charge in [-0.1, -0.05) is 25.1 Å². The summed E-state index contributed by atoms with van der Waals surface area (Å²) in [4.78, 5) is 26.8. The van der Waals surface area contributed by atoms with Gasteiger partial charge in [0.05, 0.1) is 31.4 Å². The molecule has 3 rings (SSSR count). The van der Waals surface area contributed by atoms with E-state index in [0.29, 0.717) is 12.2 Å². The van der Waals surface area contributed by atoms with Gasteiger partial charge in [0.1, 0.15) is 23.1 Å². The summed E-state index contributed by atoms with van der Waals surface area (Å²) >= 11 is 0. The second kappa shape index (κ2) is 8.34. The fraction of sp³-hybridized carbons (Fsp3) is 0.273. The van der Waals surface area contributed by atoms with Gasteiger partial charge in [0.2, 0.25) is 0 Å². The molecule has 2 aromatic rings. The van der Waals surface area contributed by atoms with Crippen molar-refractivity contribution in [2.45, 2.75) is 19.4 Å². The van der Waals surface area contributed by atoms with Crippen molar-refractivity contribution < 1.29 is 28.6 Å². The van der Waals surface area contributed by atoms with E-state index in [9.17, 15) is 19.1 Å². The van der Waals surface area contributed by atoms with Gasteiger partial charge in [-0.15, -0.1) is 0 Å². The number of carbonyl (C=O) groups excluding carboxylic acids is 2. The molecular formula is C22H22FNO5. The van der Waals surface area contributed by atoms with E-state index >= 15 is 0 Å². The molecule has 1 aliphatic rings. The van der Waals surface area contributed by atoms with Crippen molar-refractivity contribution in [1.29, 1.82) is 0 Å². The monoisotopic (exact) mass is 399 g/mol. The van der Waals surface area contributed by atoms with Gasteiger partial charge in [-0.25, -0.2) is 4.39 Å². The summed E-state index contributed by atoms with van der Waals surface area (Å²) in [6.45, 7) is 2.10. The van der Waals surface area contributed by atoms with E-state index in [1.54, 1.807) is 18.2 Å². The smallest absolute Gasteiger partial charge is 0.295 e. The average Bonchev–Trinajstić information content (AvgIpc) is 2.98. The molecule has 7 heteroatoms. The molecule has 1 N–H and O–H groups in total. The van der Waals surface area contributed by atoms with Gasteiger partial charge >= 0.3 is 0 Å². The van der Waals surface area contributed by atoms with E-state index in [1.807, 2.05) is 6.92 Å². The number of rotatable bonds is 6. The minimum Gasteiger partial charge on any atom is -0.507 e. The van der Waals surface area contributed by atoms with E-state index in [4.69, 9.17) is 9.47 Å². The van der Waals surface area contributed by atoms with E-state index in [0.717, 1.165) is 0 Å². The van der Waals surface area contributed by atoms with Crippen LogP contribution in [0.2, 0.25) is 0 Å². The lowest BCUT2D eigenvalue weighted by Gasteiger charge is -2.25. The SMILES string of the molecule is CCCN1C(=O)C(=O)/C(=C(/O)c2cc(OC)ccc2OC)C1c1ccccc1F. The molecule has 0 aromatic heterocycles. The van der Waals surface area contributed by atoms with Gasteiger partial charge in [-0.3, -0.25) is 9.59 Å². The third kappa shape index (κ3) is 3.55. The van der Waals surface area contributed by atoms with Crippen molar-refractivity contribution in [2.75, 3.05) is 20.8 Å². The predicted octanol–water partition coefficient (Wildman–Crippen LogP) is 3.67. The quantitative estimate of drug-likeness (QED) is 0.456. The molecule has 0 radical (unpaired) electrons. The zero-order valence-electron chi connectivity index (χ0n) is 16.4. The van der Waals surface area contributed by atoms with Gasteiger partial charge in [0.25, 0.3) is 11.7 Å². The second-order valence-corrected chi connectivity index (χ2v) is 6.58. The lowest BCUT2D eigenvalue weighted by molar-refractivity contribution is -0.139. The van der Waals surface area contributed by atoms with Crippen LogP contribution in [0.5, 0.6) is 11.5 Å². The molecule has 1 saturated heterocycles. The van der Waals surface area contributed by atoms with E-state index in [1.165, 1.54) is 43.4 Å². The molecule has 29 heavy (non-hydrogen) atoms. The number of carbonyl (C=O) groups is 2. The average molecular weight is 399 g/mol. The van der Waals surface area contributed by atoms with E-state index in [2.05, 4.69) is 0 Å². The normalized spacial score (nSPS) is 18.2. The highest BCUT2D eigenvalue weighted by atomic mass is 19.1. The van der Waals surface area contributed by atoms with Crippen LogP contribution in [0.4, 0.5) is 4.39 Å². The summed E-state index contributed by atoms with van der Waals surface area (Å²) in [5.74, 6) is -1.93. The van der Waals surface area contributed by atoms with E-state index in [-0.39, 0.29) is 29.0 Å². The molecule has 1 fully saturated rings. The Hall–Kier alpha value is -3.35. The molecule has 2 aromatic carbocycles. The maximum absolute atomic E-state index is 14.6. The van der Waals surface area contributed by atoms with Crippen LogP contribution in [0, 0.1) is 5.82 Å². The van der Waals surface area contributed by atoms with Crippen LogP contribution >= 0.6 is 0 Å². The molecule has 6 nitrogen and oxygen atoms in total. The lowest BCUT2D eigenvalue weighted by Crippen LogP contribution is -2.30. The molecule has 152 valence electrons. The molecule has 1 unspecified atom stereocenters. The van der Waals surface area contributed by atoms with Crippen molar-refractivity contribution in [3.63, 3.8) is 0 Å². The van der Waals surface area contributed by atoms with Crippen molar-refractivity contribution in [1.82, 2.24) is 4.90 Å². The zero-order valence-corrected chi connectivity index (χ0v) is 16.4. The fourth-order valence-electron chi connectivity index (χ4n) is 3.52. The Labute approximate surface area is 168 Å². The minimum absolute atomic E-state index is 0.142. The van der Waals surface area contributed by atoms with Gasteiger partial charge in [0.15, 0.2) is 0 Å². The molecule has 1 amide bonds. The molecule has 0 aliphatic carbocycles. The number of Topliss-reactive ketones (excluding diaryl/α,β-unsaturated/α-hetero) is 1. The van der Waals surface area contributed by atoms with Gasteiger partial charge < -0.3 is 19.5 Å². The van der Waals surface area contributed by atoms with Crippen molar-refractivity contribution >= 4 is 17.4 Å². The Bertz CT molecular complexity index is 985. The highest BCUT2D eigenvalue weighted by Gasteiger charge is 2.46. The summed E-state index contributed by atoms with van der Waals surface area (Å²) in [5.41, 5.74) is 0.145. The first-order chi connectivity index (χ1) is 13.9. The lowest BCUT2D eigenvalue weighted by atomic mass is 9.94. The zero-order chi connectivity index (χ0) is 21.1. The van der Waals surface area contributed by atoms with E-state index < -0.39 is 29.3 Å². The van der Waals surface area contributed by atoms with Gasteiger partial charge in [-0.05, 0) is 30.7 Å². The largest absolute Gasteiger partial charge is 0.507 e. The van der Waals surface area contributed by atoms with Crippen LogP contribution < -0.4 is 9.47 Å². The fourth-order valence-corrected chi connectivity index (χ4v) is 3.52. The summed E-state index contributed by atoms with van der Waals surface area (Å²) < 4.78 is 25.1. The highest BCUT2D eigenvalue weighted by Crippen LogP contribution is 2.42. The van der Waals surface area contributed by atoms with Crippen LogP contribution in [0.3, 0.4) is 0 Å². The van der Waals surface area contributed by atoms with Crippen LogP contribution in [-0.4, -0.2) is 42.5 Å². The number of aliphatic hydroxyl groups is 1. The van der Waals surface area contributed by atoms with Crippen LogP contribution in [0.15, 0.2) is 48.0 Å². The van der Waals surface area contributed by atoms with Crippen molar-refractivity contribution in [3.05, 3.63) is 65.0 Å². The molecular weight excluding hydrogens is 377 g/mol. The third-order valence-electron chi connectivity index (χ3n) is 4.87. The summed E-state index contributed by atoms with van der Waals surface area (Å²) in [7, 11) is 2.88. The number of hydrogen-bond acceptors (Lipinski definition) is 5. The molecule has 0 saturated carbocycles. The first-order valence-electron chi connectivity index (χ1n) is 9.19. The Balaban J connectivity index is 2.28. The summed E-state index contributed by atoms with van der Waals surface area (Å²) in [6.07, 6.45) is 0.570. The number of halogens is 1. The number of ether oxygens (including phenoxy) is 2. The van der Waals surface area contributed by atoms with Crippen LogP contribution in [0.1, 0.15) is 30.5 Å². The number of hydrogen-bond donors (Lipinski definition) is 1. The second-order valence-electron chi connectivity index (χ2n) is 6.58. The number of aliphatic hydroxyl groups excluding tert-OH is 1. The Kier molecular flexibility index (Phi) is 5.87. The van der Waals surface area contributed by atoms with Crippen molar-refractivity contribution in [3.8, 4) is 11.5 Å². The predicted molar refractivity (Wildman–Crippen MR) is 105 cm³/mol. The number of amides is 1. The Morgan fingerprint density at radius 3 is 2.48 bits per heavy atom. The van der Waals surface area contributed by atoms with Gasteiger partial charge in [-0.2, -0.15) is 0 Å². The number of likely N-dealkylation sites (tertiary alicyclic amines) is 1. The van der Waals surface area contributed by atoms with Crippen molar-refractivity contribution in [2.24, 2.45) is 0 Å². The standard InChI is InChI=1S/C22H22FNO5/c1-4-11-24-19(14-7-5-6-8-16(14)23)18(21(26)22(24)27)20(25)15-12-13(28-2)9-10-17(15)29-3/h5-10,12,19,25H,4,11H2,1-3H3/b20-18+.